The lowest BCUT2D eigenvalue weighted by Gasteiger charge is -2.09. The monoisotopic (exact) mass is 418 g/mol. The molecule has 0 saturated carbocycles. The summed E-state index contributed by atoms with van der Waals surface area (Å²) >= 11 is 1.36. The fourth-order valence-electron chi connectivity index (χ4n) is 3.21. The van der Waals surface area contributed by atoms with E-state index in [1.807, 2.05) is 11.4 Å². The van der Waals surface area contributed by atoms with Crippen molar-refractivity contribution in [3.05, 3.63) is 76.2 Å². The lowest BCUT2D eigenvalue weighted by atomic mass is 9.97. The molecular formula is C23H22N4O2S. The molecule has 0 aliphatic carbocycles. The van der Waals surface area contributed by atoms with Crippen molar-refractivity contribution in [2.24, 2.45) is 0 Å². The van der Waals surface area contributed by atoms with Crippen LogP contribution in [0.2, 0.25) is 0 Å². The van der Waals surface area contributed by atoms with Crippen molar-refractivity contribution >= 4 is 33.3 Å². The minimum Gasteiger partial charge on any atom is -0.300 e. The molecule has 0 saturated heterocycles. The summed E-state index contributed by atoms with van der Waals surface area (Å²) in [6.07, 6.45) is 2.50. The van der Waals surface area contributed by atoms with E-state index in [2.05, 4.69) is 53.4 Å². The fraction of sp³-hybridized carbons (Fsp3) is 0.217. The molecule has 0 fully saturated rings. The van der Waals surface area contributed by atoms with E-state index < -0.39 is 0 Å². The van der Waals surface area contributed by atoms with Crippen molar-refractivity contribution in [2.45, 2.75) is 32.7 Å². The molecule has 4 aromatic rings. The lowest BCUT2D eigenvalue weighted by molar-refractivity contribution is -0.116. The topological polar surface area (TPSA) is 76.9 Å². The molecule has 1 atom stereocenters. The molecule has 1 N–H and O–H groups in total. The van der Waals surface area contributed by atoms with Crippen molar-refractivity contribution in [2.75, 3.05) is 5.32 Å². The van der Waals surface area contributed by atoms with Gasteiger partial charge in [0.15, 0.2) is 5.13 Å². The average Bonchev–Trinajstić information content (AvgIpc) is 3.23. The van der Waals surface area contributed by atoms with Gasteiger partial charge in [0.1, 0.15) is 6.54 Å². The molecule has 152 valence electrons. The lowest BCUT2D eigenvalue weighted by Crippen LogP contribution is -2.27. The zero-order valence-electron chi connectivity index (χ0n) is 16.8. The van der Waals surface area contributed by atoms with E-state index in [1.165, 1.54) is 27.8 Å². The van der Waals surface area contributed by atoms with Crippen molar-refractivity contribution in [1.29, 1.82) is 0 Å². The number of para-hydroxylation sites is 1. The Labute approximate surface area is 178 Å². The first-order valence-electron chi connectivity index (χ1n) is 9.85. The van der Waals surface area contributed by atoms with E-state index in [1.54, 1.807) is 18.2 Å². The molecule has 0 radical (unpaired) electrons. The number of hydrogen-bond acceptors (Lipinski definition) is 5. The van der Waals surface area contributed by atoms with Crippen LogP contribution in [-0.2, 0) is 11.3 Å². The van der Waals surface area contributed by atoms with E-state index in [-0.39, 0.29) is 18.0 Å². The van der Waals surface area contributed by atoms with Gasteiger partial charge in [-0.3, -0.25) is 14.2 Å². The van der Waals surface area contributed by atoms with Gasteiger partial charge in [-0.1, -0.05) is 50.2 Å². The highest BCUT2D eigenvalue weighted by Crippen LogP contribution is 2.27. The Bertz CT molecular complexity index is 1240. The van der Waals surface area contributed by atoms with Crippen molar-refractivity contribution in [1.82, 2.24) is 14.5 Å². The first-order chi connectivity index (χ1) is 14.5. The number of rotatable bonds is 6. The van der Waals surface area contributed by atoms with Gasteiger partial charge < -0.3 is 5.32 Å². The molecule has 0 spiro atoms. The van der Waals surface area contributed by atoms with Gasteiger partial charge in [-0.05, 0) is 30.0 Å². The summed E-state index contributed by atoms with van der Waals surface area (Å²) in [6.45, 7) is 4.27. The molecule has 6 nitrogen and oxygen atoms in total. The van der Waals surface area contributed by atoms with Crippen LogP contribution in [0.3, 0.4) is 0 Å². The molecule has 0 bridgehead atoms. The maximum absolute atomic E-state index is 12.5. The minimum atomic E-state index is -0.317. The second-order valence-corrected chi connectivity index (χ2v) is 8.07. The zero-order valence-corrected chi connectivity index (χ0v) is 17.6. The van der Waals surface area contributed by atoms with Gasteiger partial charge in [-0.25, -0.2) is 9.97 Å². The maximum Gasteiger partial charge on any atom is 0.261 e. The highest BCUT2D eigenvalue weighted by molar-refractivity contribution is 7.14. The van der Waals surface area contributed by atoms with Gasteiger partial charge in [0, 0.05) is 10.9 Å². The van der Waals surface area contributed by atoms with E-state index in [0.717, 1.165) is 17.7 Å². The Morgan fingerprint density at radius 1 is 1.17 bits per heavy atom. The molecule has 0 aliphatic heterocycles. The number of nitrogens with zero attached hydrogens (tertiary/aromatic N) is 3. The number of carbonyl (C=O) groups is 1. The van der Waals surface area contributed by atoms with Crippen LogP contribution in [0.1, 0.15) is 31.7 Å². The third kappa shape index (κ3) is 4.16. The SMILES string of the molecule is CC[C@@H](C)c1ccc(-c2csc(NC(=O)Cn3cnc4ccccc4c3=O)n2)cc1. The number of amides is 1. The third-order valence-corrected chi connectivity index (χ3v) is 5.94. The smallest absolute Gasteiger partial charge is 0.261 e. The summed E-state index contributed by atoms with van der Waals surface area (Å²) in [5.41, 5.74) is 3.50. The molecule has 4 rings (SSSR count). The van der Waals surface area contributed by atoms with Gasteiger partial charge in [0.05, 0.1) is 22.9 Å². The van der Waals surface area contributed by atoms with E-state index in [0.29, 0.717) is 22.0 Å². The zero-order chi connectivity index (χ0) is 21.1. The van der Waals surface area contributed by atoms with E-state index in [4.69, 9.17) is 0 Å². The molecule has 2 heterocycles. The molecule has 1 amide bonds. The van der Waals surface area contributed by atoms with Crippen LogP contribution in [-0.4, -0.2) is 20.4 Å². The fourth-order valence-corrected chi connectivity index (χ4v) is 3.95. The summed E-state index contributed by atoms with van der Waals surface area (Å²) in [5.74, 6) is 0.208. The van der Waals surface area contributed by atoms with Crippen LogP contribution in [0.5, 0.6) is 0 Å². The summed E-state index contributed by atoms with van der Waals surface area (Å²) in [7, 11) is 0. The summed E-state index contributed by atoms with van der Waals surface area (Å²) in [4.78, 5) is 33.7. The molecule has 0 unspecified atom stereocenters. The number of benzene rings is 2. The summed E-state index contributed by atoms with van der Waals surface area (Å²) in [5, 5.41) is 5.68. The second-order valence-electron chi connectivity index (χ2n) is 7.21. The van der Waals surface area contributed by atoms with Gasteiger partial charge in [-0.2, -0.15) is 0 Å². The first kappa shape index (κ1) is 20.0. The second kappa shape index (κ2) is 8.59. The van der Waals surface area contributed by atoms with Crippen molar-refractivity contribution in [3.8, 4) is 11.3 Å². The predicted octanol–water partition coefficient (Wildman–Crippen LogP) is 4.67. The number of fused-ring (bicyclic) bond motifs is 1. The molecule has 30 heavy (non-hydrogen) atoms. The molecular weight excluding hydrogens is 396 g/mol. The number of carbonyl (C=O) groups excluding carboxylic acids is 1. The largest absolute Gasteiger partial charge is 0.300 e. The molecule has 7 heteroatoms. The Morgan fingerprint density at radius 2 is 1.93 bits per heavy atom. The Balaban J connectivity index is 1.45. The molecule has 2 aromatic carbocycles. The highest BCUT2D eigenvalue weighted by atomic mass is 32.1. The van der Waals surface area contributed by atoms with Crippen LogP contribution in [0.25, 0.3) is 22.2 Å². The van der Waals surface area contributed by atoms with Crippen molar-refractivity contribution in [3.63, 3.8) is 0 Å². The Morgan fingerprint density at radius 3 is 2.70 bits per heavy atom. The normalized spacial score (nSPS) is 12.1. The average molecular weight is 419 g/mol. The standard InChI is InChI=1S/C23H22N4O2S/c1-3-15(2)16-8-10-17(11-9-16)20-13-30-23(25-20)26-21(28)12-27-14-24-19-7-5-4-6-18(19)22(27)29/h4-11,13-15H,3,12H2,1-2H3,(H,25,26,28)/t15-/m1/s1. The minimum absolute atomic E-state index is 0.116. The number of nitrogens with one attached hydrogen (secondary N) is 1. The molecule has 0 aliphatic rings. The van der Waals surface area contributed by atoms with Gasteiger partial charge in [0.2, 0.25) is 5.91 Å². The summed E-state index contributed by atoms with van der Waals surface area (Å²) in [6, 6.07) is 15.4. The number of hydrogen-bond donors (Lipinski definition) is 1. The van der Waals surface area contributed by atoms with Crippen LogP contribution in [0.4, 0.5) is 5.13 Å². The number of thiazole rings is 1. The summed E-state index contributed by atoms with van der Waals surface area (Å²) < 4.78 is 1.31. The van der Waals surface area contributed by atoms with Crippen LogP contribution >= 0.6 is 11.3 Å². The first-order valence-corrected chi connectivity index (χ1v) is 10.7. The van der Waals surface area contributed by atoms with E-state index >= 15 is 0 Å². The quantitative estimate of drug-likeness (QED) is 0.494. The Hall–Kier alpha value is -3.32. The van der Waals surface area contributed by atoms with Gasteiger partial charge >= 0.3 is 0 Å². The van der Waals surface area contributed by atoms with E-state index in [9.17, 15) is 9.59 Å². The van der Waals surface area contributed by atoms with Crippen LogP contribution in [0, 0.1) is 0 Å². The van der Waals surface area contributed by atoms with Crippen LogP contribution in [0.15, 0.2) is 65.0 Å². The number of anilines is 1. The molecule has 2 aromatic heterocycles. The van der Waals surface area contributed by atoms with Crippen LogP contribution < -0.4 is 10.9 Å². The van der Waals surface area contributed by atoms with Crippen molar-refractivity contribution < 1.29 is 4.79 Å². The predicted molar refractivity (Wildman–Crippen MR) is 121 cm³/mol. The van der Waals surface area contributed by atoms with Gasteiger partial charge in [-0.15, -0.1) is 11.3 Å². The number of aromatic nitrogens is 3. The maximum atomic E-state index is 12.5. The highest BCUT2D eigenvalue weighted by Gasteiger charge is 2.11. The Kier molecular flexibility index (Phi) is 5.72. The third-order valence-electron chi connectivity index (χ3n) is 5.18. The van der Waals surface area contributed by atoms with Gasteiger partial charge in [0.25, 0.3) is 5.56 Å².